The van der Waals surface area contributed by atoms with Gasteiger partial charge in [-0.05, 0) is 32.3 Å². The summed E-state index contributed by atoms with van der Waals surface area (Å²) in [6.07, 6.45) is 2.36. The average Bonchev–Trinajstić information content (AvgIpc) is 3.26. The first-order valence-electron chi connectivity index (χ1n) is 7.07. The zero-order chi connectivity index (χ0) is 14.1. The number of aryl methyl sites for hydroxylation is 1. The second-order valence-corrected chi connectivity index (χ2v) is 5.55. The molecule has 0 atom stereocenters. The van der Waals surface area contributed by atoms with E-state index < -0.39 is 0 Å². The lowest BCUT2D eigenvalue weighted by molar-refractivity contribution is 0.917. The third-order valence-corrected chi connectivity index (χ3v) is 3.72. The molecule has 0 bridgehead atoms. The molecule has 4 heteroatoms. The largest absolute Gasteiger partial charge is 0.383 e. The van der Waals surface area contributed by atoms with Gasteiger partial charge >= 0.3 is 0 Å². The molecule has 0 aliphatic heterocycles. The molecule has 104 valence electrons. The average molecular weight is 268 g/mol. The highest BCUT2D eigenvalue weighted by Crippen LogP contribution is 2.39. The van der Waals surface area contributed by atoms with Crippen molar-refractivity contribution in [2.75, 3.05) is 11.1 Å². The van der Waals surface area contributed by atoms with Crippen LogP contribution in [0.5, 0.6) is 0 Å². The van der Waals surface area contributed by atoms with E-state index in [0.29, 0.717) is 11.7 Å². The van der Waals surface area contributed by atoms with Crippen LogP contribution in [0.3, 0.4) is 0 Å². The Bertz CT molecular complexity index is 615. The Balaban J connectivity index is 1.77. The maximum atomic E-state index is 5.98. The zero-order valence-corrected chi connectivity index (χ0v) is 12.0. The number of nitrogen functional groups attached to an aromatic ring is 1. The molecule has 1 fully saturated rings. The Morgan fingerprint density at radius 1 is 1.15 bits per heavy atom. The van der Waals surface area contributed by atoms with Crippen LogP contribution in [0.2, 0.25) is 0 Å². The van der Waals surface area contributed by atoms with E-state index in [4.69, 9.17) is 5.73 Å². The molecule has 1 aromatic heterocycles. The molecule has 4 nitrogen and oxygen atoms in total. The van der Waals surface area contributed by atoms with Crippen LogP contribution in [0, 0.1) is 13.8 Å². The van der Waals surface area contributed by atoms with E-state index in [-0.39, 0.29) is 0 Å². The highest BCUT2D eigenvalue weighted by atomic mass is 15.1. The van der Waals surface area contributed by atoms with E-state index in [0.717, 1.165) is 23.8 Å². The van der Waals surface area contributed by atoms with E-state index in [1.54, 1.807) is 0 Å². The summed E-state index contributed by atoms with van der Waals surface area (Å²) in [7, 11) is 0. The highest BCUT2D eigenvalue weighted by molar-refractivity contribution is 5.55. The van der Waals surface area contributed by atoms with Crippen LogP contribution in [-0.4, -0.2) is 9.97 Å². The van der Waals surface area contributed by atoms with Gasteiger partial charge in [0, 0.05) is 18.0 Å². The zero-order valence-electron chi connectivity index (χ0n) is 12.0. The molecule has 0 spiro atoms. The number of nitrogens with zero attached hydrogens (tertiary/aromatic N) is 2. The molecule has 1 aromatic carbocycles. The van der Waals surface area contributed by atoms with Crippen molar-refractivity contribution >= 4 is 11.6 Å². The Kier molecular flexibility index (Phi) is 3.30. The lowest BCUT2D eigenvalue weighted by atomic mass is 10.1. The summed E-state index contributed by atoms with van der Waals surface area (Å²) in [6, 6.07) is 8.50. The minimum Gasteiger partial charge on any atom is -0.383 e. The Hall–Kier alpha value is -2.10. The van der Waals surface area contributed by atoms with Gasteiger partial charge in [-0.25, -0.2) is 9.97 Å². The second-order valence-electron chi connectivity index (χ2n) is 5.55. The summed E-state index contributed by atoms with van der Waals surface area (Å²) in [5.74, 6) is 2.85. The number of benzene rings is 1. The van der Waals surface area contributed by atoms with Crippen LogP contribution in [0.4, 0.5) is 11.6 Å². The normalized spacial score (nSPS) is 14.3. The molecule has 0 unspecified atom stereocenters. The molecule has 3 rings (SSSR count). The molecule has 1 heterocycles. The lowest BCUT2D eigenvalue weighted by Crippen LogP contribution is -2.09. The standard InChI is InChI=1S/C16H20N4/c1-10-3-5-12(6-4-10)9-18-15-11(2)14(17)19-16(20-15)13-7-8-13/h3-6,13H,7-9H2,1-2H3,(H3,17,18,19,20). The van der Waals surface area contributed by atoms with Crippen LogP contribution in [0.1, 0.15) is 41.3 Å². The van der Waals surface area contributed by atoms with Gasteiger partial charge in [0.05, 0.1) is 0 Å². The minimum atomic E-state index is 0.512. The predicted molar refractivity (Wildman–Crippen MR) is 81.7 cm³/mol. The van der Waals surface area contributed by atoms with Crippen molar-refractivity contribution in [1.82, 2.24) is 9.97 Å². The van der Waals surface area contributed by atoms with Crippen molar-refractivity contribution < 1.29 is 0 Å². The fraction of sp³-hybridized carbons (Fsp3) is 0.375. The van der Waals surface area contributed by atoms with Gasteiger partial charge in [-0.15, -0.1) is 0 Å². The molecule has 2 aromatic rings. The number of hydrogen-bond acceptors (Lipinski definition) is 4. The molecule has 1 aliphatic rings. The molecular weight excluding hydrogens is 248 g/mol. The van der Waals surface area contributed by atoms with Crippen molar-refractivity contribution in [3.63, 3.8) is 0 Å². The van der Waals surface area contributed by atoms with Crippen molar-refractivity contribution in [2.24, 2.45) is 0 Å². The fourth-order valence-electron chi connectivity index (χ4n) is 2.14. The van der Waals surface area contributed by atoms with Crippen LogP contribution in [-0.2, 0) is 6.54 Å². The third-order valence-electron chi connectivity index (χ3n) is 3.72. The van der Waals surface area contributed by atoms with E-state index >= 15 is 0 Å². The maximum absolute atomic E-state index is 5.98. The van der Waals surface area contributed by atoms with Gasteiger partial charge in [0.1, 0.15) is 17.5 Å². The van der Waals surface area contributed by atoms with Crippen LogP contribution in [0.15, 0.2) is 24.3 Å². The smallest absolute Gasteiger partial charge is 0.136 e. The molecule has 3 N–H and O–H groups in total. The van der Waals surface area contributed by atoms with E-state index in [2.05, 4.69) is 46.5 Å². The second kappa shape index (κ2) is 5.12. The first-order valence-corrected chi connectivity index (χ1v) is 7.07. The van der Waals surface area contributed by atoms with E-state index in [1.807, 2.05) is 6.92 Å². The van der Waals surface area contributed by atoms with Gasteiger partial charge < -0.3 is 11.1 Å². The Labute approximate surface area is 119 Å². The van der Waals surface area contributed by atoms with Crippen molar-refractivity contribution in [2.45, 2.75) is 39.2 Å². The van der Waals surface area contributed by atoms with Gasteiger partial charge in [0.25, 0.3) is 0 Å². The monoisotopic (exact) mass is 268 g/mol. The van der Waals surface area contributed by atoms with Gasteiger partial charge in [0.2, 0.25) is 0 Å². The SMILES string of the molecule is Cc1ccc(CNc2nc(C3CC3)nc(N)c2C)cc1. The fourth-order valence-corrected chi connectivity index (χ4v) is 2.14. The van der Waals surface area contributed by atoms with Crippen LogP contribution in [0.25, 0.3) is 0 Å². The quantitative estimate of drug-likeness (QED) is 0.894. The predicted octanol–water partition coefficient (Wildman–Crippen LogP) is 3.17. The van der Waals surface area contributed by atoms with Crippen molar-refractivity contribution in [1.29, 1.82) is 0 Å². The van der Waals surface area contributed by atoms with Crippen molar-refractivity contribution in [3.8, 4) is 0 Å². The maximum Gasteiger partial charge on any atom is 0.136 e. The topological polar surface area (TPSA) is 63.8 Å². The van der Waals surface area contributed by atoms with E-state index in [1.165, 1.54) is 24.0 Å². The molecule has 0 saturated heterocycles. The summed E-state index contributed by atoms with van der Waals surface area (Å²) in [4.78, 5) is 9.01. The minimum absolute atomic E-state index is 0.512. The van der Waals surface area contributed by atoms with Gasteiger partial charge in [-0.1, -0.05) is 29.8 Å². The summed E-state index contributed by atoms with van der Waals surface area (Å²) < 4.78 is 0. The molecule has 0 radical (unpaired) electrons. The first kappa shape index (κ1) is 12.9. The van der Waals surface area contributed by atoms with Crippen LogP contribution >= 0.6 is 0 Å². The van der Waals surface area contributed by atoms with Gasteiger partial charge in [-0.2, -0.15) is 0 Å². The van der Waals surface area contributed by atoms with Gasteiger partial charge in [-0.3, -0.25) is 0 Å². The summed E-state index contributed by atoms with van der Waals surface area (Å²) >= 11 is 0. The molecule has 1 saturated carbocycles. The summed E-state index contributed by atoms with van der Waals surface area (Å²) in [5.41, 5.74) is 9.42. The Morgan fingerprint density at radius 2 is 1.85 bits per heavy atom. The van der Waals surface area contributed by atoms with E-state index in [9.17, 15) is 0 Å². The number of rotatable bonds is 4. The van der Waals surface area contributed by atoms with Gasteiger partial charge in [0.15, 0.2) is 0 Å². The number of nitrogens with two attached hydrogens (primary N) is 1. The van der Waals surface area contributed by atoms with Crippen molar-refractivity contribution in [3.05, 3.63) is 46.8 Å². The Morgan fingerprint density at radius 3 is 2.50 bits per heavy atom. The molecular formula is C16H20N4. The summed E-state index contributed by atoms with van der Waals surface area (Å²) in [6.45, 7) is 4.81. The van der Waals surface area contributed by atoms with Crippen LogP contribution < -0.4 is 11.1 Å². The number of anilines is 2. The molecule has 0 amide bonds. The number of hydrogen-bond donors (Lipinski definition) is 2. The lowest BCUT2D eigenvalue weighted by Gasteiger charge is -2.12. The highest BCUT2D eigenvalue weighted by Gasteiger charge is 2.27. The number of nitrogens with one attached hydrogen (secondary N) is 1. The number of aromatic nitrogens is 2. The molecule has 20 heavy (non-hydrogen) atoms. The first-order chi connectivity index (χ1) is 9.63. The molecule has 1 aliphatic carbocycles. The summed E-state index contributed by atoms with van der Waals surface area (Å²) in [5, 5.41) is 3.38. The third kappa shape index (κ3) is 2.74.